The first kappa shape index (κ1) is 17.5. The fourth-order valence-corrected chi connectivity index (χ4v) is 6.82. The standard InChI is InChI=1S/C30H26N/c1-18-11-12-21-17-24-23(14-13-20-16-19-8-4-5-9-22(19)26(20)24)28-25-10-6-7-15-31(25)30(2,3)29(18)27(21)28/h4-15,28H,16-17H2,1-3H3/q+1. The lowest BCUT2D eigenvalue weighted by atomic mass is 9.66. The van der Waals surface area contributed by atoms with Crippen molar-refractivity contribution in [2.45, 2.75) is 45.1 Å². The van der Waals surface area contributed by atoms with Crippen molar-refractivity contribution in [3.63, 3.8) is 0 Å². The molecule has 3 aromatic carbocycles. The van der Waals surface area contributed by atoms with Crippen molar-refractivity contribution in [2.75, 3.05) is 0 Å². The summed E-state index contributed by atoms with van der Waals surface area (Å²) >= 11 is 0. The molecule has 3 aliphatic rings. The number of benzene rings is 3. The molecule has 1 aliphatic heterocycles. The first-order chi connectivity index (χ1) is 15.1. The van der Waals surface area contributed by atoms with Crippen LogP contribution >= 0.6 is 0 Å². The van der Waals surface area contributed by atoms with Crippen LogP contribution < -0.4 is 4.57 Å². The first-order valence-electron chi connectivity index (χ1n) is 11.4. The number of nitrogens with zero attached hydrogens (tertiary/aromatic N) is 1. The summed E-state index contributed by atoms with van der Waals surface area (Å²) in [5.41, 5.74) is 16.3. The van der Waals surface area contributed by atoms with Gasteiger partial charge >= 0.3 is 0 Å². The van der Waals surface area contributed by atoms with Crippen LogP contribution in [0.4, 0.5) is 0 Å². The summed E-state index contributed by atoms with van der Waals surface area (Å²) in [6.07, 6.45) is 4.38. The lowest BCUT2D eigenvalue weighted by Crippen LogP contribution is -2.60. The van der Waals surface area contributed by atoms with Crippen molar-refractivity contribution >= 4 is 0 Å². The Balaban J connectivity index is 1.59. The van der Waals surface area contributed by atoms with E-state index < -0.39 is 0 Å². The van der Waals surface area contributed by atoms with Gasteiger partial charge in [-0.05, 0) is 69.8 Å². The molecule has 2 aliphatic carbocycles. The predicted molar refractivity (Wildman–Crippen MR) is 125 cm³/mol. The fourth-order valence-electron chi connectivity index (χ4n) is 6.82. The Morgan fingerprint density at radius 1 is 0.806 bits per heavy atom. The highest BCUT2D eigenvalue weighted by atomic mass is 15.1. The van der Waals surface area contributed by atoms with Gasteiger partial charge in [0, 0.05) is 31.5 Å². The molecule has 1 unspecified atom stereocenters. The minimum atomic E-state index is -0.0522. The van der Waals surface area contributed by atoms with Gasteiger partial charge in [-0.2, -0.15) is 4.57 Å². The molecule has 1 nitrogen and oxygen atoms in total. The smallest absolute Gasteiger partial charge is 0.192 e. The third-order valence-corrected chi connectivity index (χ3v) is 8.02. The molecule has 0 bridgehead atoms. The summed E-state index contributed by atoms with van der Waals surface area (Å²) in [5.74, 6) is 0.306. The van der Waals surface area contributed by atoms with Crippen molar-refractivity contribution in [2.24, 2.45) is 0 Å². The lowest BCUT2D eigenvalue weighted by Gasteiger charge is -2.39. The van der Waals surface area contributed by atoms with Gasteiger partial charge < -0.3 is 0 Å². The molecular weight excluding hydrogens is 374 g/mol. The quantitative estimate of drug-likeness (QED) is 0.274. The van der Waals surface area contributed by atoms with E-state index in [0.29, 0.717) is 5.92 Å². The van der Waals surface area contributed by atoms with Crippen LogP contribution in [0.1, 0.15) is 70.0 Å². The molecule has 2 heterocycles. The van der Waals surface area contributed by atoms with Gasteiger partial charge in [-0.25, -0.2) is 0 Å². The largest absolute Gasteiger partial charge is 0.194 e. The van der Waals surface area contributed by atoms with E-state index in [4.69, 9.17) is 0 Å². The second kappa shape index (κ2) is 5.73. The average molecular weight is 401 g/mol. The van der Waals surface area contributed by atoms with Gasteiger partial charge in [-0.1, -0.05) is 54.6 Å². The van der Waals surface area contributed by atoms with Crippen molar-refractivity contribution < 1.29 is 4.57 Å². The molecule has 0 saturated heterocycles. The van der Waals surface area contributed by atoms with Crippen LogP contribution in [0.2, 0.25) is 0 Å². The molecule has 7 rings (SSSR count). The molecule has 0 saturated carbocycles. The maximum Gasteiger partial charge on any atom is 0.194 e. The van der Waals surface area contributed by atoms with E-state index in [1.807, 2.05) is 0 Å². The zero-order valence-corrected chi connectivity index (χ0v) is 18.4. The molecule has 0 spiro atoms. The molecule has 31 heavy (non-hydrogen) atoms. The number of hydrogen-bond acceptors (Lipinski definition) is 0. The SMILES string of the molecule is Cc1ccc2c3c1C(C)(C)[n+]1ccccc1C3c1ccc3c(c1C2)-c1ccccc1C3. The number of pyridine rings is 1. The second-order valence-corrected chi connectivity index (χ2v) is 10.00. The summed E-state index contributed by atoms with van der Waals surface area (Å²) in [6, 6.07) is 25.3. The highest BCUT2D eigenvalue weighted by molar-refractivity contribution is 5.82. The Morgan fingerprint density at radius 3 is 2.52 bits per heavy atom. The van der Waals surface area contributed by atoms with Crippen molar-refractivity contribution in [3.8, 4) is 11.1 Å². The summed E-state index contributed by atoms with van der Waals surface area (Å²) in [4.78, 5) is 0. The first-order valence-corrected chi connectivity index (χ1v) is 11.4. The van der Waals surface area contributed by atoms with Crippen LogP contribution in [-0.2, 0) is 18.4 Å². The van der Waals surface area contributed by atoms with E-state index >= 15 is 0 Å². The molecular formula is C30H26N+. The number of aromatic nitrogens is 1. The van der Waals surface area contributed by atoms with Gasteiger partial charge in [0.25, 0.3) is 0 Å². The third-order valence-electron chi connectivity index (χ3n) is 8.02. The van der Waals surface area contributed by atoms with E-state index in [9.17, 15) is 0 Å². The molecule has 1 atom stereocenters. The Kier molecular flexibility index (Phi) is 3.23. The molecule has 1 aromatic heterocycles. The van der Waals surface area contributed by atoms with Crippen LogP contribution in [0.15, 0.2) is 72.9 Å². The zero-order valence-electron chi connectivity index (χ0n) is 18.4. The third kappa shape index (κ3) is 2.09. The van der Waals surface area contributed by atoms with Gasteiger partial charge in [-0.15, -0.1) is 0 Å². The van der Waals surface area contributed by atoms with E-state index in [1.54, 1.807) is 11.1 Å². The Bertz CT molecular complexity index is 1420. The number of hydrogen-bond donors (Lipinski definition) is 0. The zero-order chi connectivity index (χ0) is 20.9. The predicted octanol–water partition coefficient (Wildman–Crippen LogP) is 6.03. The van der Waals surface area contributed by atoms with Crippen LogP contribution in [0.25, 0.3) is 11.1 Å². The van der Waals surface area contributed by atoms with Gasteiger partial charge in [0.1, 0.15) is 0 Å². The topological polar surface area (TPSA) is 3.88 Å². The van der Waals surface area contributed by atoms with Gasteiger partial charge in [-0.3, -0.25) is 0 Å². The maximum absolute atomic E-state index is 2.52. The van der Waals surface area contributed by atoms with E-state index in [0.717, 1.165) is 12.8 Å². The van der Waals surface area contributed by atoms with Gasteiger partial charge in [0.15, 0.2) is 17.4 Å². The minimum Gasteiger partial charge on any atom is -0.192 e. The molecule has 0 fully saturated rings. The highest BCUT2D eigenvalue weighted by Crippen LogP contribution is 2.51. The molecule has 0 N–H and O–H groups in total. The van der Waals surface area contributed by atoms with Crippen LogP contribution in [0, 0.1) is 6.92 Å². The number of fused-ring (bicyclic) bond motifs is 8. The number of aryl methyl sites for hydroxylation is 1. The minimum absolute atomic E-state index is 0.0522. The fraction of sp³-hybridized carbons (Fsp3) is 0.233. The number of rotatable bonds is 0. The molecule has 150 valence electrons. The Hall–Kier alpha value is -3.19. The van der Waals surface area contributed by atoms with Gasteiger partial charge in [0.05, 0.1) is 5.92 Å². The monoisotopic (exact) mass is 400 g/mol. The van der Waals surface area contributed by atoms with Crippen molar-refractivity contribution in [1.29, 1.82) is 0 Å². The second-order valence-electron chi connectivity index (χ2n) is 10.00. The molecule has 1 heteroatoms. The molecule has 0 amide bonds. The highest BCUT2D eigenvalue weighted by Gasteiger charge is 2.48. The van der Waals surface area contributed by atoms with Crippen LogP contribution in [0.5, 0.6) is 0 Å². The van der Waals surface area contributed by atoms with Crippen molar-refractivity contribution in [3.05, 3.63) is 123 Å². The van der Waals surface area contributed by atoms with Crippen LogP contribution in [0.3, 0.4) is 0 Å². The summed E-state index contributed by atoms with van der Waals surface area (Å²) < 4.78 is 2.52. The molecule has 0 radical (unpaired) electrons. The summed E-state index contributed by atoms with van der Waals surface area (Å²) in [5, 5.41) is 0. The lowest BCUT2D eigenvalue weighted by molar-refractivity contribution is -0.756. The summed E-state index contributed by atoms with van der Waals surface area (Å²) in [6.45, 7) is 7.05. The van der Waals surface area contributed by atoms with Gasteiger partial charge in [0.2, 0.25) is 0 Å². The van der Waals surface area contributed by atoms with E-state index in [-0.39, 0.29) is 5.54 Å². The maximum atomic E-state index is 2.52. The van der Waals surface area contributed by atoms with Crippen LogP contribution in [-0.4, -0.2) is 0 Å². The van der Waals surface area contributed by atoms with E-state index in [2.05, 4.69) is 98.3 Å². The summed E-state index contributed by atoms with van der Waals surface area (Å²) in [7, 11) is 0. The molecule has 4 aromatic rings. The normalized spacial score (nSPS) is 18.5. The average Bonchev–Trinajstić information content (AvgIpc) is 3.16. The Labute approximate surface area is 184 Å². The van der Waals surface area contributed by atoms with Crippen molar-refractivity contribution in [1.82, 2.24) is 0 Å². The van der Waals surface area contributed by atoms with E-state index in [1.165, 1.54) is 50.2 Å². The Morgan fingerprint density at radius 2 is 1.61 bits per heavy atom.